The molecule has 3 aromatic rings. The van der Waals surface area contributed by atoms with Gasteiger partial charge in [0, 0.05) is 56.9 Å². The Bertz CT molecular complexity index is 1590. The lowest BCUT2D eigenvalue weighted by molar-refractivity contribution is -0.385. The largest absolute Gasteiger partial charge is 0.444 e. The van der Waals surface area contributed by atoms with Gasteiger partial charge in [-0.1, -0.05) is 31.2 Å². The Morgan fingerprint density at radius 3 is 1.72 bits per heavy atom. The molecular formula is C31H38N8O8. The van der Waals surface area contributed by atoms with Gasteiger partial charge in [-0.25, -0.2) is 14.8 Å². The van der Waals surface area contributed by atoms with Gasteiger partial charge in [-0.05, 0) is 44.7 Å². The first-order valence-electron chi connectivity index (χ1n) is 14.9. The highest BCUT2D eigenvalue weighted by atomic mass is 16.6. The number of nitrogens with zero attached hydrogens (tertiary/aromatic N) is 4. The first kappa shape index (κ1) is 35.8. The van der Waals surface area contributed by atoms with Crippen LogP contribution >= 0.6 is 0 Å². The summed E-state index contributed by atoms with van der Waals surface area (Å²) < 4.78 is 5.22. The Balaban J connectivity index is 1.91. The lowest BCUT2D eigenvalue weighted by Crippen LogP contribution is -2.33. The second-order valence-electron chi connectivity index (χ2n) is 11.4. The molecule has 0 aliphatic rings. The lowest BCUT2D eigenvalue weighted by atomic mass is 10.1. The number of Topliss-reactive ketones (excluding diaryl/α,β-unsaturated/α-hetero) is 1. The summed E-state index contributed by atoms with van der Waals surface area (Å²) >= 11 is 0. The summed E-state index contributed by atoms with van der Waals surface area (Å²) in [7, 11) is 0. The molecule has 0 aliphatic heterocycles. The van der Waals surface area contributed by atoms with Gasteiger partial charge in [-0.3, -0.25) is 29.8 Å². The van der Waals surface area contributed by atoms with E-state index < -0.39 is 33.2 Å². The zero-order chi connectivity index (χ0) is 34.6. The minimum atomic E-state index is -0.678. The van der Waals surface area contributed by atoms with Gasteiger partial charge in [0.15, 0.2) is 28.8 Å². The van der Waals surface area contributed by atoms with E-state index >= 15 is 0 Å². The first-order chi connectivity index (χ1) is 22.3. The number of ketones is 1. The number of carbonyl (C=O) groups is 3. The smallest absolute Gasteiger partial charge is 0.407 e. The van der Waals surface area contributed by atoms with Gasteiger partial charge < -0.3 is 26.0 Å². The molecule has 250 valence electrons. The first-order valence-corrected chi connectivity index (χ1v) is 14.9. The number of carbonyl (C=O) groups excluding carboxylic acids is 3. The number of amides is 2. The Morgan fingerprint density at radius 2 is 1.26 bits per heavy atom. The molecule has 47 heavy (non-hydrogen) atoms. The van der Waals surface area contributed by atoms with Crippen molar-refractivity contribution < 1.29 is 29.0 Å². The van der Waals surface area contributed by atoms with Gasteiger partial charge >= 0.3 is 6.09 Å². The van der Waals surface area contributed by atoms with Crippen molar-refractivity contribution in [2.75, 3.05) is 23.7 Å². The maximum atomic E-state index is 13.5. The molecule has 4 N–H and O–H groups in total. The van der Waals surface area contributed by atoms with Crippen LogP contribution in [0.5, 0.6) is 0 Å². The molecule has 0 bridgehead atoms. The summed E-state index contributed by atoms with van der Waals surface area (Å²) in [5, 5.41) is 33.5. The van der Waals surface area contributed by atoms with Gasteiger partial charge in [-0.2, -0.15) is 0 Å². The number of benzene rings is 2. The standard InChI is InChI=1S/C31H38N8O8/c1-5-16-32-29(41)26-28(35-19-21-10-14-23(15-11-21)39(45)46)36-25(24(40)7-6-17-33-30(42)47-31(2,3)4)27(37-26)34-18-20-8-12-22(13-9-20)38(43)44/h8-15H,5-7,16-19H2,1-4H3,(H,32,41)(H,33,42)(H,34,37)(H,35,36). The molecule has 16 nitrogen and oxygen atoms in total. The number of aromatic nitrogens is 2. The number of alkyl carbamates (subject to hydrolysis) is 1. The average Bonchev–Trinajstić information content (AvgIpc) is 3.02. The maximum Gasteiger partial charge on any atom is 0.407 e. The van der Waals surface area contributed by atoms with Crippen molar-refractivity contribution in [3.05, 3.63) is 91.3 Å². The van der Waals surface area contributed by atoms with Crippen molar-refractivity contribution in [1.29, 1.82) is 0 Å². The molecule has 1 aromatic heterocycles. The average molecular weight is 651 g/mol. The number of hydrogen-bond acceptors (Lipinski definition) is 12. The van der Waals surface area contributed by atoms with Crippen LogP contribution < -0.4 is 21.3 Å². The van der Waals surface area contributed by atoms with E-state index in [1.807, 2.05) is 6.92 Å². The number of rotatable bonds is 16. The third kappa shape index (κ3) is 11.3. The molecule has 0 unspecified atom stereocenters. The Labute approximate surface area is 271 Å². The van der Waals surface area contributed by atoms with Crippen molar-refractivity contribution in [2.45, 2.75) is 65.6 Å². The molecule has 16 heteroatoms. The molecule has 1 heterocycles. The number of nitro groups is 2. The van der Waals surface area contributed by atoms with Gasteiger partial charge in [0.25, 0.3) is 17.3 Å². The maximum absolute atomic E-state index is 13.5. The van der Waals surface area contributed by atoms with E-state index in [0.29, 0.717) is 24.1 Å². The van der Waals surface area contributed by atoms with Crippen molar-refractivity contribution >= 4 is 40.8 Å². The van der Waals surface area contributed by atoms with Crippen LogP contribution in [-0.4, -0.2) is 56.3 Å². The summed E-state index contributed by atoms with van der Waals surface area (Å²) in [5.74, 6) is -0.915. The number of non-ortho nitro benzene ring substituents is 2. The van der Waals surface area contributed by atoms with Crippen molar-refractivity contribution in [3.8, 4) is 0 Å². The van der Waals surface area contributed by atoms with Gasteiger partial charge in [-0.15, -0.1) is 0 Å². The molecule has 2 aromatic carbocycles. The second-order valence-corrected chi connectivity index (χ2v) is 11.4. The van der Waals surface area contributed by atoms with Crippen LogP contribution in [0.25, 0.3) is 0 Å². The van der Waals surface area contributed by atoms with E-state index in [2.05, 4.69) is 31.2 Å². The highest BCUT2D eigenvalue weighted by molar-refractivity contribution is 6.02. The Morgan fingerprint density at radius 1 is 0.766 bits per heavy atom. The second kappa shape index (κ2) is 16.6. The van der Waals surface area contributed by atoms with Crippen molar-refractivity contribution in [3.63, 3.8) is 0 Å². The zero-order valence-corrected chi connectivity index (χ0v) is 26.6. The fraction of sp³-hybridized carbons (Fsp3) is 0.387. The molecular weight excluding hydrogens is 612 g/mol. The normalized spacial score (nSPS) is 10.9. The van der Waals surface area contributed by atoms with E-state index in [1.54, 1.807) is 45.0 Å². The summed E-state index contributed by atoms with van der Waals surface area (Å²) in [6.45, 7) is 7.83. The van der Waals surface area contributed by atoms with Crippen LogP contribution in [0.4, 0.5) is 27.8 Å². The fourth-order valence-corrected chi connectivity index (χ4v) is 4.07. The molecule has 2 amide bonds. The predicted molar refractivity (Wildman–Crippen MR) is 173 cm³/mol. The topological polar surface area (TPSA) is 221 Å². The molecule has 0 atom stereocenters. The summed E-state index contributed by atoms with van der Waals surface area (Å²) in [6, 6.07) is 11.6. The molecule has 0 fully saturated rings. The van der Waals surface area contributed by atoms with E-state index in [4.69, 9.17) is 4.74 Å². The molecule has 0 saturated heterocycles. The van der Waals surface area contributed by atoms with Gasteiger partial charge in [0.1, 0.15) is 5.60 Å². The Hall–Kier alpha value is -5.67. The summed E-state index contributed by atoms with van der Waals surface area (Å²) in [5.41, 5.74) is 0.307. The quantitative estimate of drug-likeness (QED) is 0.0685. The van der Waals surface area contributed by atoms with Crippen LogP contribution in [0.1, 0.15) is 79.1 Å². The number of anilines is 2. The monoisotopic (exact) mass is 650 g/mol. The van der Waals surface area contributed by atoms with Gasteiger partial charge in [0.2, 0.25) is 0 Å². The molecule has 0 aliphatic carbocycles. The SMILES string of the molecule is CCCNC(=O)c1nc(NCc2ccc([N+](=O)[O-])cc2)c(C(=O)CCCNC(=O)OC(C)(C)C)nc1NCc1ccc([N+](=O)[O-])cc1. The highest BCUT2D eigenvalue weighted by Gasteiger charge is 2.24. The van der Waals surface area contributed by atoms with E-state index in [-0.39, 0.29) is 66.9 Å². The molecule has 0 saturated carbocycles. The third-order valence-corrected chi connectivity index (χ3v) is 6.37. The number of ether oxygens (including phenoxy) is 1. The van der Waals surface area contributed by atoms with E-state index in [1.165, 1.54) is 24.3 Å². The molecule has 0 radical (unpaired) electrons. The number of hydrogen-bond donors (Lipinski definition) is 4. The van der Waals surface area contributed by atoms with Crippen LogP contribution in [0, 0.1) is 20.2 Å². The van der Waals surface area contributed by atoms with Gasteiger partial charge in [0.05, 0.1) is 9.85 Å². The van der Waals surface area contributed by atoms with Crippen molar-refractivity contribution in [2.24, 2.45) is 0 Å². The van der Waals surface area contributed by atoms with Crippen LogP contribution in [0.3, 0.4) is 0 Å². The number of nitro benzene ring substituents is 2. The molecule has 3 rings (SSSR count). The predicted octanol–water partition coefficient (Wildman–Crippen LogP) is 5.14. The minimum absolute atomic E-state index is 0.0214. The van der Waals surface area contributed by atoms with Crippen molar-refractivity contribution in [1.82, 2.24) is 20.6 Å². The van der Waals surface area contributed by atoms with E-state index in [0.717, 1.165) is 0 Å². The van der Waals surface area contributed by atoms with Crippen LogP contribution in [0.15, 0.2) is 48.5 Å². The van der Waals surface area contributed by atoms with Crippen LogP contribution in [0.2, 0.25) is 0 Å². The highest BCUT2D eigenvalue weighted by Crippen LogP contribution is 2.23. The number of nitrogens with one attached hydrogen (secondary N) is 4. The summed E-state index contributed by atoms with van der Waals surface area (Å²) in [6.07, 6.45) is 0.269. The Kier molecular flexibility index (Phi) is 12.6. The van der Waals surface area contributed by atoms with E-state index in [9.17, 15) is 34.6 Å². The minimum Gasteiger partial charge on any atom is -0.444 e. The lowest BCUT2D eigenvalue weighted by Gasteiger charge is -2.19. The zero-order valence-electron chi connectivity index (χ0n) is 26.6. The third-order valence-electron chi connectivity index (χ3n) is 6.37. The summed E-state index contributed by atoms with van der Waals surface area (Å²) in [4.78, 5) is 68.7. The molecule has 0 spiro atoms. The van der Waals surface area contributed by atoms with Crippen LogP contribution in [-0.2, 0) is 17.8 Å². The fourth-order valence-electron chi connectivity index (χ4n) is 4.07.